The number of likely N-dealkylation sites (tertiary alicyclic amines) is 1. The molecule has 0 saturated carbocycles. The zero-order valence-electron chi connectivity index (χ0n) is 16.6. The lowest BCUT2D eigenvalue weighted by atomic mass is 9.91. The van der Waals surface area contributed by atoms with Crippen LogP contribution in [0.4, 0.5) is 0 Å². The van der Waals surface area contributed by atoms with E-state index in [1.165, 1.54) is 5.56 Å². The van der Waals surface area contributed by atoms with Crippen molar-refractivity contribution in [1.82, 2.24) is 9.80 Å². The second kappa shape index (κ2) is 9.07. The van der Waals surface area contributed by atoms with E-state index < -0.39 is 6.04 Å². The number of hydrogen-bond donors (Lipinski definition) is 1. The van der Waals surface area contributed by atoms with E-state index in [-0.39, 0.29) is 36.2 Å². The third-order valence-electron chi connectivity index (χ3n) is 6.13. The maximum absolute atomic E-state index is 13.4. The van der Waals surface area contributed by atoms with Crippen LogP contribution in [-0.4, -0.2) is 46.8 Å². The SMILES string of the molecule is CCC(C)C(=O)N1Cc2ccccc2CC1C(=O)N1CC(CN)CC1C.Cl. The molecule has 2 heterocycles. The van der Waals surface area contributed by atoms with Gasteiger partial charge in [0.25, 0.3) is 0 Å². The monoisotopic (exact) mass is 393 g/mol. The molecule has 4 unspecified atom stereocenters. The van der Waals surface area contributed by atoms with Gasteiger partial charge < -0.3 is 15.5 Å². The van der Waals surface area contributed by atoms with Gasteiger partial charge in [0.05, 0.1) is 0 Å². The first-order valence-corrected chi connectivity index (χ1v) is 9.84. The van der Waals surface area contributed by atoms with E-state index in [2.05, 4.69) is 19.1 Å². The Morgan fingerprint density at radius 2 is 1.89 bits per heavy atom. The van der Waals surface area contributed by atoms with Crippen molar-refractivity contribution in [2.75, 3.05) is 13.1 Å². The molecule has 0 bridgehead atoms. The van der Waals surface area contributed by atoms with Crippen LogP contribution in [0.15, 0.2) is 24.3 Å². The molecular weight excluding hydrogens is 362 g/mol. The molecule has 3 rings (SSSR count). The maximum Gasteiger partial charge on any atom is 0.245 e. The van der Waals surface area contributed by atoms with Crippen LogP contribution in [0.25, 0.3) is 0 Å². The number of carbonyl (C=O) groups is 2. The van der Waals surface area contributed by atoms with Gasteiger partial charge in [0.15, 0.2) is 0 Å². The van der Waals surface area contributed by atoms with Gasteiger partial charge in [0.2, 0.25) is 11.8 Å². The van der Waals surface area contributed by atoms with Gasteiger partial charge in [-0.05, 0) is 43.4 Å². The number of benzene rings is 1. The van der Waals surface area contributed by atoms with Crippen LogP contribution in [0.5, 0.6) is 0 Å². The number of fused-ring (bicyclic) bond motifs is 1. The molecule has 0 radical (unpaired) electrons. The summed E-state index contributed by atoms with van der Waals surface area (Å²) >= 11 is 0. The van der Waals surface area contributed by atoms with Gasteiger partial charge in [0, 0.05) is 31.5 Å². The molecule has 2 amide bonds. The normalized spacial score (nSPS) is 25.6. The molecule has 2 aliphatic heterocycles. The Labute approximate surface area is 168 Å². The number of nitrogens with two attached hydrogens (primary N) is 1. The highest BCUT2D eigenvalue weighted by atomic mass is 35.5. The number of amides is 2. The van der Waals surface area contributed by atoms with Crippen LogP contribution in [0.3, 0.4) is 0 Å². The minimum Gasteiger partial charge on any atom is -0.338 e. The van der Waals surface area contributed by atoms with Gasteiger partial charge >= 0.3 is 0 Å². The van der Waals surface area contributed by atoms with Crippen LogP contribution < -0.4 is 5.73 Å². The Kier molecular flexibility index (Phi) is 7.29. The van der Waals surface area contributed by atoms with Gasteiger partial charge in [-0.3, -0.25) is 9.59 Å². The van der Waals surface area contributed by atoms with Crippen molar-refractivity contribution < 1.29 is 9.59 Å². The minimum absolute atomic E-state index is 0. The van der Waals surface area contributed by atoms with Crippen molar-refractivity contribution >= 4 is 24.2 Å². The van der Waals surface area contributed by atoms with Crippen molar-refractivity contribution in [2.24, 2.45) is 17.6 Å². The quantitative estimate of drug-likeness (QED) is 0.854. The van der Waals surface area contributed by atoms with Gasteiger partial charge in [-0.2, -0.15) is 0 Å². The number of nitrogens with zero attached hydrogens (tertiary/aromatic N) is 2. The fourth-order valence-electron chi connectivity index (χ4n) is 4.24. The molecule has 0 aliphatic carbocycles. The van der Waals surface area contributed by atoms with Crippen molar-refractivity contribution in [2.45, 2.75) is 58.7 Å². The van der Waals surface area contributed by atoms with Gasteiger partial charge in [-0.15, -0.1) is 12.4 Å². The molecule has 1 fully saturated rings. The summed E-state index contributed by atoms with van der Waals surface area (Å²) in [4.78, 5) is 30.2. The molecule has 1 saturated heterocycles. The number of hydrogen-bond acceptors (Lipinski definition) is 3. The lowest BCUT2D eigenvalue weighted by molar-refractivity contribution is -0.149. The summed E-state index contributed by atoms with van der Waals surface area (Å²) < 4.78 is 0. The van der Waals surface area contributed by atoms with Crippen LogP contribution >= 0.6 is 12.4 Å². The minimum atomic E-state index is -0.398. The predicted molar refractivity (Wildman–Crippen MR) is 110 cm³/mol. The lowest BCUT2D eigenvalue weighted by Gasteiger charge is -2.40. The fourth-order valence-corrected chi connectivity index (χ4v) is 4.24. The molecule has 1 aromatic carbocycles. The molecule has 1 aromatic rings. The first-order valence-electron chi connectivity index (χ1n) is 9.84. The largest absolute Gasteiger partial charge is 0.338 e. The third-order valence-corrected chi connectivity index (χ3v) is 6.13. The highest BCUT2D eigenvalue weighted by molar-refractivity contribution is 5.89. The van der Waals surface area contributed by atoms with Crippen LogP contribution in [0.2, 0.25) is 0 Å². The van der Waals surface area contributed by atoms with Crippen molar-refractivity contribution in [3.8, 4) is 0 Å². The van der Waals surface area contributed by atoms with Gasteiger partial charge in [0.1, 0.15) is 6.04 Å². The fraction of sp³-hybridized carbons (Fsp3) is 0.619. The van der Waals surface area contributed by atoms with E-state index in [1.54, 1.807) is 0 Å². The first-order chi connectivity index (χ1) is 12.5. The van der Waals surface area contributed by atoms with E-state index in [0.717, 1.165) is 18.4 Å². The van der Waals surface area contributed by atoms with Crippen molar-refractivity contribution in [3.63, 3.8) is 0 Å². The average Bonchev–Trinajstić information content (AvgIpc) is 3.05. The van der Waals surface area contributed by atoms with E-state index in [0.29, 0.717) is 32.0 Å². The van der Waals surface area contributed by atoms with Gasteiger partial charge in [-0.25, -0.2) is 0 Å². The van der Waals surface area contributed by atoms with Crippen LogP contribution in [0.1, 0.15) is 44.7 Å². The standard InChI is InChI=1S/C21H31N3O2.ClH/c1-4-14(2)20(25)24-13-18-8-6-5-7-17(18)10-19(24)21(26)23-12-16(11-22)9-15(23)3;/h5-8,14-16,19H,4,9-13,22H2,1-3H3;1H. The summed E-state index contributed by atoms with van der Waals surface area (Å²) in [6.45, 7) is 7.90. The van der Waals surface area contributed by atoms with E-state index in [9.17, 15) is 9.59 Å². The summed E-state index contributed by atoms with van der Waals surface area (Å²) in [5, 5.41) is 0. The highest BCUT2D eigenvalue weighted by Gasteiger charge is 2.41. The second-order valence-corrected chi connectivity index (χ2v) is 7.94. The van der Waals surface area contributed by atoms with Crippen LogP contribution in [0, 0.1) is 11.8 Å². The molecule has 6 heteroatoms. The Balaban J connectivity index is 0.00000261. The molecule has 27 heavy (non-hydrogen) atoms. The molecule has 2 N–H and O–H groups in total. The van der Waals surface area contributed by atoms with Crippen molar-refractivity contribution in [1.29, 1.82) is 0 Å². The third kappa shape index (κ3) is 4.30. The topological polar surface area (TPSA) is 66.6 Å². The second-order valence-electron chi connectivity index (χ2n) is 7.94. The Morgan fingerprint density at radius 3 is 2.48 bits per heavy atom. The number of halogens is 1. The average molecular weight is 394 g/mol. The summed E-state index contributed by atoms with van der Waals surface area (Å²) in [5.41, 5.74) is 8.17. The lowest BCUT2D eigenvalue weighted by Crippen LogP contribution is -2.55. The van der Waals surface area contributed by atoms with E-state index in [1.807, 2.05) is 35.8 Å². The molecule has 0 spiro atoms. The molecule has 150 valence electrons. The highest BCUT2D eigenvalue weighted by Crippen LogP contribution is 2.30. The summed E-state index contributed by atoms with van der Waals surface area (Å²) in [6, 6.07) is 7.95. The number of carbonyl (C=O) groups excluding carboxylic acids is 2. The molecule has 5 nitrogen and oxygen atoms in total. The Morgan fingerprint density at radius 1 is 1.22 bits per heavy atom. The summed E-state index contributed by atoms with van der Waals surface area (Å²) in [5.74, 6) is 0.467. The summed E-state index contributed by atoms with van der Waals surface area (Å²) in [7, 11) is 0. The smallest absolute Gasteiger partial charge is 0.245 e. The molecular formula is C21H32ClN3O2. The van der Waals surface area contributed by atoms with E-state index >= 15 is 0 Å². The maximum atomic E-state index is 13.4. The molecule has 0 aromatic heterocycles. The predicted octanol–water partition coefficient (Wildman–Crippen LogP) is 2.60. The first kappa shape index (κ1) is 21.7. The van der Waals surface area contributed by atoms with Crippen molar-refractivity contribution in [3.05, 3.63) is 35.4 Å². The number of rotatable bonds is 4. The van der Waals surface area contributed by atoms with E-state index in [4.69, 9.17) is 5.73 Å². The Hall–Kier alpha value is -1.59. The van der Waals surface area contributed by atoms with Crippen LogP contribution in [-0.2, 0) is 22.6 Å². The zero-order valence-corrected chi connectivity index (χ0v) is 17.4. The Bertz CT molecular complexity index is 681. The summed E-state index contributed by atoms with van der Waals surface area (Å²) in [6.07, 6.45) is 2.34. The molecule has 2 aliphatic rings. The molecule has 4 atom stereocenters. The van der Waals surface area contributed by atoms with Gasteiger partial charge in [-0.1, -0.05) is 38.1 Å². The zero-order chi connectivity index (χ0) is 18.8.